The maximum Gasteiger partial charge on any atom is 0.266 e. The van der Waals surface area contributed by atoms with E-state index in [0.717, 1.165) is 38.3 Å². The first-order chi connectivity index (χ1) is 23.8. The first-order valence-electron chi connectivity index (χ1n) is 15.9. The molecule has 236 valence electrons. The van der Waals surface area contributed by atoms with Gasteiger partial charge in [0.15, 0.2) is 0 Å². The third-order valence-electron chi connectivity index (χ3n) is 9.20. The summed E-state index contributed by atoms with van der Waals surface area (Å²) in [5.74, 6) is -1.73. The number of anilines is 3. The molecule has 7 nitrogen and oxygen atoms in total. The minimum atomic E-state index is -0.444. The van der Waals surface area contributed by atoms with Crippen molar-refractivity contribution in [3.05, 3.63) is 172 Å². The molecule has 0 bridgehead atoms. The molecule has 6 aromatic rings. The molecule has 0 aliphatic carbocycles. The smallest absolute Gasteiger partial charge is 0.266 e. The number of rotatable bonds is 6. The van der Waals surface area contributed by atoms with Gasteiger partial charge in [0, 0.05) is 5.69 Å². The van der Waals surface area contributed by atoms with Crippen molar-refractivity contribution in [3.8, 4) is 22.3 Å². The number of amides is 4. The summed E-state index contributed by atoms with van der Waals surface area (Å²) in [6.45, 7) is 2.01. The number of nitrogens with two attached hydrogens (primary N) is 1. The number of hydrogen-bond acceptors (Lipinski definition) is 5. The maximum atomic E-state index is 14.0. The van der Waals surface area contributed by atoms with Crippen LogP contribution >= 0.6 is 0 Å². The summed E-state index contributed by atoms with van der Waals surface area (Å²) >= 11 is 0. The third kappa shape index (κ3) is 5.09. The average molecular weight is 640 g/mol. The number of nitrogens with zero attached hydrogens (tertiary/aromatic N) is 2. The number of nitrogen functional groups attached to an aromatic ring is 1. The van der Waals surface area contributed by atoms with Crippen LogP contribution in [0.3, 0.4) is 0 Å². The van der Waals surface area contributed by atoms with Crippen LogP contribution in [0.25, 0.3) is 22.3 Å². The van der Waals surface area contributed by atoms with Crippen LogP contribution in [0, 0.1) is 6.92 Å². The highest BCUT2D eigenvalue weighted by atomic mass is 16.2. The van der Waals surface area contributed by atoms with Gasteiger partial charge in [-0.2, -0.15) is 0 Å². The summed E-state index contributed by atoms with van der Waals surface area (Å²) in [5.41, 5.74) is 14.6. The normalized spacial score (nSPS) is 13.7. The van der Waals surface area contributed by atoms with E-state index in [4.69, 9.17) is 5.73 Å². The zero-order valence-electron chi connectivity index (χ0n) is 26.5. The molecule has 7 heteroatoms. The Balaban J connectivity index is 1.17. The molecule has 6 aromatic carbocycles. The Labute approximate surface area is 282 Å². The Hall–Kier alpha value is -6.60. The van der Waals surface area contributed by atoms with E-state index in [0.29, 0.717) is 51.3 Å². The first kappa shape index (κ1) is 29.8. The maximum absolute atomic E-state index is 14.0. The molecule has 0 unspecified atom stereocenters. The van der Waals surface area contributed by atoms with E-state index in [9.17, 15) is 19.2 Å². The predicted octanol–water partition coefficient (Wildman–Crippen LogP) is 8.10. The number of fused-ring (bicyclic) bond motifs is 2. The van der Waals surface area contributed by atoms with Crippen molar-refractivity contribution in [2.75, 3.05) is 15.5 Å². The molecule has 0 aromatic heterocycles. The van der Waals surface area contributed by atoms with E-state index in [1.165, 1.54) is 4.90 Å². The SMILES string of the molecule is Cc1ccc(-c2ccc3c(c2)C(=O)N(c2ccc(N4C(=O)c5ccc(-c6ccc(N)cc6)cc5C4=O)cc2Cc2ccccc2)C3=O)cc1. The Bertz CT molecular complexity index is 2350. The van der Waals surface area contributed by atoms with Crippen molar-refractivity contribution >= 4 is 40.7 Å². The van der Waals surface area contributed by atoms with Crippen molar-refractivity contribution < 1.29 is 19.2 Å². The lowest BCUT2D eigenvalue weighted by Crippen LogP contribution is -2.32. The largest absolute Gasteiger partial charge is 0.399 e. The fourth-order valence-electron chi connectivity index (χ4n) is 6.60. The highest BCUT2D eigenvalue weighted by Gasteiger charge is 2.40. The van der Waals surface area contributed by atoms with Gasteiger partial charge in [-0.3, -0.25) is 19.2 Å². The van der Waals surface area contributed by atoms with Crippen LogP contribution in [0.2, 0.25) is 0 Å². The third-order valence-corrected chi connectivity index (χ3v) is 9.20. The molecule has 0 fully saturated rings. The molecule has 0 atom stereocenters. The van der Waals surface area contributed by atoms with Crippen LogP contribution < -0.4 is 15.5 Å². The quantitative estimate of drug-likeness (QED) is 0.147. The fourth-order valence-corrected chi connectivity index (χ4v) is 6.60. The van der Waals surface area contributed by atoms with Crippen LogP contribution in [0.4, 0.5) is 17.1 Å². The van der Waals surface area contributed by atoms with E-state index in [1.807, 2.05) is 85.8 Å². The Kier molecular flexibility index (Phi) is 7.04. The number of carbonyl (C=O) groups excluding carboxylic acids is 4. The van der Waals surface area contributed by atoms with Crippen molar-refractivity contribution in [1.82, 2.24) is 0 Å². The lowest BCUT2D eigenvalue weighted by molar-refractivity contribution is 0.0909. The van der Waals surface area contributed by atoms with Crippen LogP contribution in [0.5, 0.6) is 0 Å². The summed E-state index contributed by atoms with van der Waals surface area (Å²) in [7, 11) is 0. The highest BCUT2D eigenvalue weighted by molar-refractivity contribution is 6.36. The molecule has 2 N–H and O–H groups in total. The van der Waals surface area contributed by atoms with Crippen molar-refractivity contribution in [2.45, 2.75) is 13.3 Å². The minimum absolute atomic E-state index is 0.303. The van der Waals surface area contributed by atoms with Crippen LogP contribution in [0.1, 0.15) is 58.1 Å². The second-order valence-electron chi connectivity index (χ2n) is 12.4. The lowest BCUT2D eigenvalue weighted by atomic mass is 9.99. The molecule has 2 aliphatic heterocycles. The van der Waals surface area contributed by atoms with Crippen molar-refractivity contribution in [3.63, 3.8) is 0 Å². The number of carbonyl (C=O) groups is 4. The summed E-state index contributed by atoms with van der Waals surface area (Å²) in [4.78, 5) is 57.7. The van der Waals surface area contributed by atoms with Gasteiger partial charge in [0.05, 0.1) is 33.6 Å². The lowest BCUT2D eigenvalue weighted by Gasteiger charge is -2.22. The molecule has 2 heterocycles. The molecule has 0 spiro atoms. The fraction of sp³-hybridized carbons (Fsp3) is 0.0476. The number of hydrogen-bond donors (Lipinski definition) is 1. The van der Waals surface area contributed by atoms with Gasteiger partial charge >= 0.3 is 0 Å². The molecule has 2 aliphatic rings. The summed E-state index contributed by atoms with van der Waals surface area (Å²) in [6.07, 6.45) is 0.358. The molecular formula is C42H29N3O4. The second kappa shape index (κ2) is 11.6. The molecular weight excluding hydrogens is 610 g/mol. The number of benzene rings is 6. The van der Waals surface area contributed by atoms with Gasteiger partial charge in [-0.25, -0.2) is 9.80 Å². The molecule has 0 radical (unpaired) electrons. The standard InChI is InChI=1S/C42H29N3O4/c1-25-7-9-27(10-8-25)29-14-19-35-37(24-29)42(49)45(40(35)47)38-20-17-33(22-31(38)21-26-5-3-2-4-6-26)44-39(46)34-18-13-30(23-36(34)41(44)48)28-11-15-32(43)16-12-28/h2-20,22-24H,21,43H2,1H3. The zero-order valence-corrected chi connectivity index (χ0v) is 26.5. The van der Waals surface area contributed by atoms with Gasteiger partial charge in [-0.15, -0.1) is 0 Å². The van der Waals surface area contributed by atoms with Gasteiger partial charge in [0.1, 0.15) is 0 Å². The topological polar surface area (TPSA) is 101 Å². The Morgan fingerprint density at radius 2 is 1.00 bits per heavy atom. The van der Waals surface area contributed by atoms with E-state index in [-0.39, 0.29) is 0 Å². The minimum Gasteiger partial charge on any atom is -0.399 e. The van der Waals surface area contributed by atoms with E-state index < -0.39 is 23.6 Å². The average Bonchev–Trinajstić information content (AvgIpc) is 3.52. The van der Waals surface area contributed by atoms with Crippen molar-refractivity contribution in [2.24, 2.45) is 0 Å². The molecule has 49 heavy (non-hydrogen) atoms. The van der Waals surface area contributed by atoms with Crippen LogP contribution in [0.15, 0.2) is 133 Å². The monoisotopic (exact) mass is 639 g/mol. The molecule has 0 saturated carbocycles. The number of imide groups is 2. The summed E-state index contributed by atoms with van der Waals surface area (Å²) in [6, 6.07) is 40.5. The summed E-state index contributed by atoms with van der Waals surface area (Å²) < 4.78 is 0. The highest BCUT2D eigenvalue weighted by Crippen LogP contribution is 2.38. The van der Waals surface area contributed by atoms with Gasteiger partial charge in [-0.05, 0) is 101 Å². The molecule has 4 amide bonds. The summed E-state index contributed by atoms with van der Waals surface area (Å²) in [5, 5.41) is 0. The molecule has 0 saturated heterocycles. The zero-order chi connectivity index (χ0) is 33.8. The van der Waals surface area contributed by atoms with E-state index in [1.54, 1.807) is 54.6 Å². The Morgan fingerprint density at radius 1 is 0.490 bits per heavy atom. The van der Waals surface area contributed by atoms with Gasteiger partial charge in [0.2, 0.25) is 0 Å². The number of aryl methyl sites for hydroxylation is 1. The van der Waals surface area contributed by atoms with E-state index in [2.05, 4.69) is 0 Å². The van der Waals surface area contributed by atoms with E-state index >= 15 is 0 Å². The van der Waals surface area contributed by atoms with Gasteiger partial charge < -0.3 is 5.73 Å². The Morgan fingerprint density at radius 3 is 1.61 bits per heavy atom. The molecule has 8 rings (SSSR count). The first-order valence-corrected chi connectivity index (χ1v) is 15.9. The van der Waals surface area contributed by atoms with Gasteiger partial charge in [0.25, 0.3) is 23.6 Å². The van der Waals surface area contributed by atoms with Crippen molar-refractivity contribution in [1.29, 1.82) is 0 Å². The second-order valence-corrected chi connectivity index (χ2v) is 12.4. The predicted molar refractivity (Wildman–Crippen MR) is 191 cm³/mol. The van der Waals surface area contributed by atoms with Crippen LogP contribution in [-0.4, -0.2) is 23.6 Å². The van der Waals surface area contributed by atoms with Crippen LogP contribution in [-0.2, 0) is 6.42 Å². The van der Waals surface area contributed by atoms with Gasteiger partial charge in [-0.1, -0.05) is 84.4 Å².